The summed E-state index contributed by atoms with van der Waals surface area (Å²) in [7, 11) is 1.96. The van der Waals surface area contributed by atoms with Gasteiger partial charge in [0.25, 0.3) is 0 Å². The number of halogens is 3. The highest BCUT2D eigenvalue weighted by Crippen LogP contribution is 2.46. The Kier molecular flexibility index (Phi) is 6.68. The van der Waals surface area contributed by atoms with Crippen molar-refractivity contribution >= 4 is 57.9 Å². The van der Waals surface area contributed by atoms with Crippen molar-refractivity contribution in [3.05, 3.63) is 97.8 Å². The Morgan fingerprint density at radius 3 is 2.53 bits per heavy atom. The largest absolute Gasteiger partial charge is 0.489 e. The summed E-state index contributed by atoms with van der Waals surface area (Å²) < 4.78 is 13.8. The van der Waals surface area contributed by atoms with Crippen molar-refractivity contribution in [2.75, 3.05) is 0 Å². The van der Waals surface area contributed by atoms with E-state index in [4.69, 9.17) is 44.1 Å². The van der Waals surface area contributed by atoms with Crippen LogP contribution in [0.25, 0.3) is 34.3 Å². The van der Waals surface area contributed by atoms with Gasteiger partial charge in [0.15, 0.2) is 0 Å². The minimum absolute atomic E-state index is 0.266. The van der Waals surface area contributed by atoms with Crippen molar-refractivity contribution in [1.82, 2.24) is 14.9 Å². The zero-order valence-corrected chi connectivity index (χ0v) is 23.1. The Hall–Kier alpha value is -3.25. The summed E-state index contributed by atoms with van der Waals surface area (Å²) in [5.74, 6) is 1.84. The summed E-state index contributed by atoms with van der Waals surface area (Å²) >= 11 is 19.6. The van der Waals surface area contributed by atoms with Crippen molar-refractivity contribution in [3.8, 4) is 17.0 Å². The second-order valence-electron chi connectivity index (χ2n) is 9.54. The standard InChI is InChI=1S/C30H24Cl3N3O2/c1-17-22-13-7-18(14-27(22)36(2)34-17)6-8-19-11-12-21(15-26(19)33)37-16-23-29(35-38-30(23)20-9-10-20)28-24(31)4-3-5-25(28)32/h3-8,11-15,20H,9-10,16H2,1-2H3. The van der Waals surface area contributed by atoms with E-state index in [2.05, 4.69) is 28.5 Å². The van der Waals surface area contributed by atoms with Gasteiger partial charge in [-0.25, -0.2) is 0 Å². The number of benzene rings is 3. The van der Waals surface area contributed by atoms with Crippen LogP contribution in [-0.4, -0.2) is 14.9 Å². The maximum absolute atomic E-state index is 6.63. The molecule has 8 heteroatoms. The molecule has 1 aliphatic carbocycles. The molecule has 2 aromatic heterocycles. The molecule has 1 fully saturated rings. The van der Waals surface area contributed by atoms with Crippen LogP contribution in [0.15, 0.2) is 59.1 Å². The van der Waals surface area contributed by atoms with Crippen LogP contribution in [0.5, 0.6) is 5.75 Å². The molecule has 5 aromatic rings. The highest BCUT2D eigenvalue weighted by molar-refractivity contribution is 6.39. The van der Waals surface area contributed by atoms with Gasteiger partial charge in [0.05, 0.1) is 31.8 Å². The maximum atomic E-state index is 6.63. The fraction of sp³-hybridized carbons (Fsp3) is 0.200. The number of fused-ring (bicyclic) bond motifs is 1. The van der Waals surface area contributed by atoms with Gasteiger partial charge in [-0.3, -0.25) is 4.68 Å². The third kappa shape index (κ3) is 4.82. The van der Waals surface area contributed by atoms with E-state index in [9.17, 15) is 0 Å². The van der Waals surface area contributed by atoms with Crippen molar-refractivity contribution in [1.29, 1.82) is 0 Å². The van der Waals surface area contributed by atoms with E-state index in [0.29, 0.717) is 38.0 Å². The molecule has 0 spiro atoms. The first-order chi connectivity index (χ1) is 18.4. The lowest BCUT2D eigenvalue weighted by molar-refractivity contribution is 0.300. The van der Waals surface area contributed by atoms with E-state index in [-0.39, 0.29) is 6.61 Å². The molecule has 3 aromatic carbocycles. The summed E-state index contributed by atoms with van der Waals surface area (Å²) in [6.07, 6.45) is 6.18. The Bertz CT molecular complexity index is 1680. The number of ether oxygens (including phenoxy) is 1. The zero-order valence-electron chi connectivity index (χ0n) is 20.8. The smallest absolute Gasteiger partial charge is 0.147 e. The zero-order chi connectivity index (χ0) is 26.4. The number of rotatable bonds is 7. The van der Waals surface area contributed by atoms with Crippen LogP contribution in [0, 0.1) is 6.92 Å². The van der Waals surface area contributed by atoms with Crippen LogP contribution < -0.4 is 4.74 Å². The van der Waals surface area contributed by atoms with E-state index in [1.807, 2.05) is 55.1 Å². The van der Waals surface area contributed by atoms with Crippen molar-refractivity contribution in [2.45, 2.75) is 32.3 Å². The highest BCUT2D eigenvalue weighted by Gasteiger charge is 2.33. The van der Waals surface area contributed by atoms with Gasteiger partial charge in [-0.05, 0) is 67.3 Å². The van der Waals surface area contributed by atoms with Crippen molar-refractivity contribution < 1.29 is 9.26 Å². The third-order valence-corrected chi connectivity index (χ3v) is 7.79. The van der Waals surface area contributed by atoms with Crippen LogP contribution in [0.2, 0.25) is 15.1 Å². The van der Waals surface area contributed by atoms with Gasteiger partial charge in [0, 0.05) is 23.9 Å². The molecule has 5 nitrogen and oxygen atoms in total. The average molecular weight is 565 g/mol. The fourth-order valence-electron chi connectivity index (χ4n) is 4.68. The summed E-state index contributed by atoms with van der Waals surface area (Å²) in [6.45, 7) is 2.28. The number of hydrogen-bond donors (Lipinski definition) is 0. The van der Waals surface area contributed by atoms with Crippen LogP contribution in [0.3, 0.4) is 0 Å². The van der Waals surface area contributed by atoms with Gasteiger partial charge in [-0.1, -0.05) is 70.3 Å². The molecule has 0 radical (unpaired) electrons. The van der Waals surface area contributed by atoms with Crippen LogP contribution in [0.4, 0.5) is 0 Å². The van der Waals surface area contributed by atoms with Gasteiger partial charge >= 0.3 is 0 Å². The normalized spacial score (nSPS) is 13.6. The number of aryl methyl sites for hydroxylation is 2. The van der Waals surface area contributed by atoms with E-state index in [0.717, 1.165) is 51.9 Å². The molecular weight excluding hydrogens is 541 g/mol. The summed E-state index contributed by atoms with van der Waals surface area (Å²) in [5.41, 5.74) is 6.22. The number of nitrogens with zero attached hydrogens (tertiary/aromatic N) is 3. The molecule has 38 heavy (non-hydrogen) atoms. The minimum atomic E-state index is 0.266. The van der Waals surface area contributed by atoms with Crippen LogP contribution >= 0.6 is 34.8 Å². The molecule has 0 N–H and O–H groups in total. The Morgan fingerprint density at radius 2 is 1.79 bits per heavy atom. The van der Waals surface area contributed by atoms with Crippen molar-refractivity contribution in [3.63, 3.8) is 0 Å². The maximum Gasteiger partial charge on any atom is 0.147 e. The summed E-state index contributed by atoms with van der Waals surface area (Å²) in [6, 6.07) is 17.4. The SMILES string of the molecule is Cc1nn(C)c2cc(C=Cc3ccc(OCc4c(-c5c(Cl)cccc5Cl)noc4C4CC4)cc3Cl)ccc12. The molecule has 1 saturated carbocycles. The van der Waals surface area contributed by atoms with Crippen LogP contribution in [-0.2, 0) is 13.7 Å². The summed E-state index contributed by atoms with van der Waals surface area (Å²) in [4.78, 5) is 0. The third-order valence-electron chi connectivity index (χ3n) is 6.84. The van der Waals surface area contributed by atoms with Gasteiger partial charge in [0.1, 0.15) is 23.8 Å². The van der Waals surface area contributed by atoms with E-state index < -0.39 is 0 Å². The second kappa shape index (κ2) is 10.1. The molecule has 0 atom stereocenters. The van der Waals surface area contributed by atoms with Crippen molar-refractivity contribution in [2.24, 2.45) is 7.05 Å². The molecule has 0 aliphatic heterocycles. The molecule has 1 aliphatic rings. The van der Waals surface area contributed by atoms with Gasteiger partial charge in [0.2, 0.25) is 0 Å². The fourth-order valence-corrected chi connectivity index (χ4v) is 5.49. The Balaban J connectivity index is 1.22. The minimum Gasteiger partial charge on any atom is -0.489 e. The topological polar surface area (TPSA) is 53.1 Å². The molecule has 6 rings (SSSR count). The number of hydrogen-bond acceptors (Lipinski definition) is 4. The Morgan fingerprint density at radius 1 is 1.00 bits per heavy atom. The van der Waals surface area contributed by atoms with E-state index in [1.165, 1.54) is 0 Å². The molecule has 192 valence electrons. The second-order valence-corrected chi connectivity index (χ2v) is 10.8. The molecule has 0 unspecified atom stereocenters. The first-order valence-electron chi connectivity index (χ1n) is 12.4. The number of aromatic nitrogens is 3. The predicted molar refractivity (Wildman–Crippen MR) is 154 cm³/mol. The first kappa shape index (κ1) is 25.1. The molecule has 0 bridgehead atoms. The first-order valence-corrected chi connectivity index (χ1v) is 13.5. The lowest BCUT2D eigenvalue weighted by atomic mass is 10.0. The molecule has 0 amide bonds. The summed E-state index contributed by atoms with van der Waals surface area (Å²) in [5, 5.41) is 11.6. The monoisotopic (exact) mass is 563 g/mol. The molecule has 2 heterocycles. The predicted octanol–water partition coefficient (Wildman–Crippen LogP) is 9.12. The quantitative estimate of drug-likeness (QED) is 0.185. The van der Waals surface area contributed by atoms with Crippen LogP contribution in [0.1, 0.15) is 46.9 Å². The lowest BCUT2D eigenvalue weighted by Gasteiger charge is -2.10. The Labute approximate surface area is 235 Å². The molecular formula is C30H24Cl3N3O2. The van der Waals surface area contributed by atoms with E-state index >= 15 is 0 Å². The molecule has 0 saturated heterocycles. The average Bonchev–Trinajstić information content (AvgIpc) is 3.60. The highest BCUT2D eigenvalue weighted by atomic mass is 35.5. The lowest BCUT2D eigenvalue weighted by Crippen LogP contribution is -2.00. The van der Waals surface area contributed by atoms with Gasteiger partial charge < -0.3 is 9.26 Å². The van der Waals surface area contributed by atoms with E-state index in [1.54, 1.807) is 12.1 Å². The van der Waals surface area contributed by atoms with Gasteiger partial charge in [-0.2, -0.15) is 5.10 Å². The van der Waals surface area contributed by atoms with Gasteiger partial charge in [-0.15, -0.1) is 0 Å².